The average molecular weight is 203 g/mol. The van der Waals surface area contributed by atoms with Crippen LogP contribution in [0.4, 0.5) is 0 Å². The second-order valence-corrected chi connectivity index (χ2v) is 3.50. The maximum Gasteiger partial charge on any atom is 0.325 e. The minimum Gasteiger partial charge on any atom is -0.468 e. The molecule has 1 aliphatic rings. The summed E-state index contributed by atoms with van der Waals surface area (Å²) in [7, 11) is 1.41. The summed E-state index contributed by atoms with van der Waals surface area (Å²) in [6, 6.07) is 8.16. The molecule has 0 saturated carbocycles. The Balaban J connectivity index is 2.09. The molecular weight excluding hydrogens is 190 g/mol. The smallest absolute Gasteiger partial charge is 0.325 e. The van der Waals surface area contributed by atoms with Crippen molar-refractivity contribution in [2.24, 2.45) is 0 Å². The van der Waals surface area contributed by atoms with E-state index in [1.54, 1.807) is 0 Å². The Kier molecular flexibility index (Phi) is 2.72. The lowest BCUT2D eigenvalue weighted by molar-refractivity contribution is -0.141. The Morgan fingerprint density at radius 3 is 3.07 bits per heavy atom. The van der Waals surface area contributed by atoms with Crippen LogP contribution in [0.1, 0.15) is 11.1 Å². The fraction of sp³-hybridized carbons (Fsp3) is 0.250. The Bertz CT molecular complexity index is 398. The van der Waals surface area contributed by atoms with Gasteiger partial charge in [0.25, 0.3) is 0 Å². The second-order valence-electron chi connectivity index (χ2n) is 3.50. The third-order valence-electron chi connectivity index (χ3n) is 2.45. The Hall–Kier alpha value is -1.77. The predicted octanol–water partition coefficient (Wildman–Crippen LogP) is 1.65. The first-order chi connectivity index (χ1) is 7.29. The highest BCUT2D eigenvalue weighted by Crippen LogP contribution is 2.18. The quantitative estimate of drug-likeness (QED) is 0.684. The van der Waals surface area contributed by atoms with E-state index in [1.165, 1.54) is 18.2 Å². The van der Waals surface area contributed by atoms with Gasteiger partial charge in [0.15, 0.2) is 0 Å². The summed E-state index contributed by atoms with van der Waals surface area (Å²) < 4.78 is 4.63. The molecule has 3 nitrogen and oxygen atoms in total. The lowest BCUT2D eigenvalue weighted by atomic mass is 10.0. The molecule has 1 aromatic rings. The van der Waals surface area contributed by atoms with Crippen molar-refractivity contribution >= 4 is 12.0 Å². The van der Waals surface area contributed by atoms with Crippen LogP contribution in [0.15, 0.2) is 30.5 Å². The van der Waals surface area contributed by atoms with E-state index in [1.807, 2.05) is 29.3 Å². The summed E-state index contributed by atoms with van der Waals surface area (Å²) in [5.74, 6) is -0.209. The van der Waals surface area contributed by atoms with Gasteiger partial charge in [0.05, 0.1) is 7.11 Å². The number of nitrogens with zero attached hydrogens (tertiary/aromatic N) is 1. The highest BCUT2D eigenvalue weighted by molar-refractivity contribution is 5.72. The third kappa shape index (κ3) is 2.18. The maximum atomic E-state index is 11.1. The van der Waals surface area contributed by atoms with Crippen molar-refractivity contribution in [2.45, 2.75) is 6.54 Å². The number of rotatable bonds is 2. The molecule has 15 heavy (non-hydrogen) atoms. The highest BCUT2D eigenvalue weighted by atomic mass is 16.5. The van der Waals surface area contributed by atoms with E-state index in [0.29, 0.717) is 6.54 Å². The van der Waals surface area contributed by atoms with E-state index in [4.69, 9.17) is 0 Å². The fourth-order valence-corrected chi connectivity index (χ4v) is 1.64. The molecule has 0 unspecified atom stereocenters. The molecule has 3 heteroatoms. The minimum atomic E-state index is -0.209. The monoisotopic (exact) mass is 203 g/mol. The molecule has 0 amide bonds. The predicted molar refractivity (Wildman–Crippen MR) is 57.9 cm³/mol. The first-order valence-electron chi connectivity index (χ1n) is 4.86. The van der Waals surface area contributed by atoms with E-state index in [-0.39, 0.29) is 5.97 Å². The van der Waals surface area contributed by atoms with Gasteiger partial charge in [-0.2, -0.15) is 0 Å². The molecule has 0 fully saturated rings. The second kappa shape index (κ2) is 4.17. The standard InChI is InChI=1S/C12H13NO2/c1-15-12(14)9-13-7-6-10-4-2-3-5-11(10)8-13/h2-7H,8-9H2,1H3. The Labute approximate surface area is 89.0 Å². The zero-order chi connectivity index (χ0) is 10.7. The van der Waals surface area contributed by atoms with Crippen LogP contribution < -0.4 is 0 Å². The average Bonchev–Trinajstić information content (AvgIpc) is 2.29. The minimum absolute atomic E-state index is 0.209. The van der Waals surface area contributed by atoms with E-state index in [2.05, 4.69) is 16.9 Å². The molecule has 1 aromatic carbocycles. The summed E-state index contributed by atoms with van der Waals surface area (Å²) in [6.07, 6.45) is 3.95. The largest absolute Gasteiger partial charge is 0.468 e. The first-order valence-corrected chi connectivity index (χ1v) is 4.86. The van der Waals surface area contributed by atoms with Gasteiger partial charge in [-0.1, -0.05) is 24.3 Å². The van der Waals surface area contributed by atoms with E-state index < -0.39 is 0 Å². The van der Waals surface area contributed by atoms with Crippen LogP contribution in [-0.2, 0) is 16.1 Å². The number of benzene rings is 1. The topological polar surface area (TPSA) is 29.5 Å². The summed E-state index contributed by atoms with van der Waals surface area (Å²) >= 11 is 0. The van der Waals surface area contributed by atoms with Gasteiger partial charge in [-0.3, -0.25) is 4.79 Å². The number of methoxy groups -OCH3 is 1. The summed E-state index contributed by atoms with van der Waals surface area (Å²) in [4.78, 5) is 13.0. The third-order valence-corrected chi connectivity index (χ3v) is 2.45. The molecule has 0 bridgehead atoms. The van der Waals surface area contributed by atoms with Gasteiger partial charge in [-0.05, 0) is 17.2 Å². The molecule has 2 rings (SSSR count). The molecule has 1 aliphatic heterocycles. The number of esters is 1. The molecule has 0 saturated heterocycles. The van der Waals surface area contributed by atoms with Crippen LogP contribution in [0, 0.1) is 0 Å². The van der Waals surface area contributed by atoms with Crippen molar-refractivity contribution < 1.29 is 9.53 Å². The molecule has 0 radical (unpaired) electrons. The van der Waals surface area contributed by atoms with Gasteiger partial charge in [0.1, 0.15) is 6.54 Å². The lowest BCUT2D eigenvalue weighted by Crippen LogP contribution is -2.27. The van der Waals surface area contributed by atoms with Gasteiger partial charge < -0.3 is 9.64 Å². The summed E-state index contributed by atoms with van der Waals surface area (Å²) in [6.45, 7) is 1.07. The number of ether oxygens (including phenoxy) is 1. The molecule has 0 spiro atoms. The number of hydrogen-bond donors (Lipinski definition) is 0. The zero-order valence-electron chi connectivity index (χ0n) is 8.64. The van der Waals surface area contributed by atoms with Gasteiger partial charge >= 0.3 is 5.97 Å². The molecule has 0 aromatic heterocycles. The molecule has 0 N–H and O–H groups in total. The number of carbonyl (C=O) groups excluding carboxylic acids is 1. The van der Waals surface area contributed by atoms with Crippen molar-refractivity contribution in [2.75, 3.05) is 13.7 Å². The normalized spacial score (nSPS) is 13.5. The summed E-state index contributed by atoms with van der Waals surface area (Å²) in [5, 5.41) is 0. The van der Waals surface area contributed by atoms with Crippen molar-refractivity contribution in [1.29, 1.82) is 0 Å². The molecule has 0 atom stereocenters. The van der Waals surface area contributed by atoms with Crippen LogP contribution in [0.5, 0.6) is 0 Å². The fourth-order valence-electron chi connectivity index (χ4n) is 1.64. The van der Waals surface area contributed by atoms with Gasteiger partial charge in [0.2, 0.25) is 0 Å². The van der Waals surface area contributed by atoms with Crippen molar-refractivity contribution in [1.82, 2.24) is 4.90 Å². The van der Waals surface area contributed by atoms with E-state index in [0.717, 1.165) is 6.54 Å². The van der Waals surface area contributed by atoms with Crippen molar-refractivity contribution in [3.63, 3.8) is 0 Å². The van der Waals surface area contributed by atoms with Crippen molar-refractivity contribution in [3.05, 3.63) is 41.6 Å². The molecule has 1 heterocycles. The SMILES string of the molecule is COC(=O)CN1C=Cc2ccccc2C1. The van der Waals surface area contributed by atoms with Gasteiger partial charge in [0, 0.05) is 12.7 Å². The van der Waals surface area contributed by atoms with Crippen LogP contribution in [0.25, 0.3) is 6.08 Å². The lowest BCUT2D eigenvalue weighted by Gasteiger charge is -2.23. The van der Waals surface area contributed by atoms with Crippen LogP contribution >= 0.6 is 0 Å². The van der Waals surface area contributed by atoms with E-state index in [9.17, 15) is 4.79 Å². The molecule has 0 aliphatic carbocycles. The van der Waals surface area contributed by atoms with Crippen LogP contribution in [0.2, 0.25) is 0 Å². The summed E-state index contributed by atoms with van der Waals surface area (Å²) in [5.41, 5.74) is 2.46. The van der Waals surface area contributed by atoms with E-state index >= 15 is 0 Å². The maximum absolute atomic E-state index is 11.1. The number of carbonyl (C=O) groups is 1. The number of hydrogen-bond acceptors (Lipinski definition) is 3. The van der Waals surface area contributed by atoms with Crippen molar-refractivity contribution in [3.8, 4) is 0 Å². The zero-order valence-corrected chi connectivity index (χ0v) is 8.64. The number of fused-ring (bicyclic) bond motifs is 1. The Morgan fingerprint density at radius 2 is 2.27 bits per heavy atom. The highest BCUT2D eigenvalue weighted by Gasteiger charge is 2.12. The molecular formula is C12H13NO2. The van der Waals surface area contributed by atoms with Gasteiger partial charge in [-0.15, -0.1) is 0 Å². The van der Waals surface area contributed by atoms with Crippen LogP contribution in [0.3, 0.4) is 0 Å². The van der Waals surface area contributed by atoms with Crippen LogP contribution in [-0.4, -0.2) is 24.5 Å². The molecule has 78 valence electrons. The van der Waals surface area contributed by atoms with Gasteiger partial charge in [-0.25, -0.2) is 0 Å². The first kappa shape index (κ1) is 9.77. The Morgan fingerprint density at radius 1 is 1.47 bits per heavy atom.